The molecule has 0 radical (unpaired) electrons. The summed E-state index contributed by atoms with van der Waals surface area (Å²) in [4.78, 5) is 38.7. The van der Waals surface area contributed by atoms with Crippen molar-refractivity contribution in [2.24, 2.45) is 0 Å². The fraction of sp³-hybridized carbons (Fsp3) is 0.400. The Morgan fingerprint density at radius 3 is 2.76 bits per heavy atom. The topological polar surface area (TPSA) is 66.9 Å². The molecule has 2 saturated heterocycles. The maximum absolute atomic E-state index is 12.2. The molecule has 1 atom stereocenters. The molecule has 0 bridgehead atoms. The Bertz CT molecular complexity index is 572. The lowest BCUT2D eigenvalue weighted by Crippen LogP contribution is -2.59. The number of rotatable bonds is 2. The molecule has 6 nitrogen and oxygen atoms in total. The molecule has 1 aromatic carbocycles. The van der Waals surface area contributed by atoms with Crippen LogP contribution in [-0.2, 0) is 20.9 Å². The fourth-order valence-electron chi connectivity index (χ4n) is 2.76. The number of carbonyl (C=O) groups is 3. The first kappa shape index (κ1) is 13.6. The molecule has 21 heavy (non-hydrogen) atoms. The molecule has 1 aromatic rings. The van der Waals surface area contributed by atoms with E-state index in [4.69, 9.17) is 4.74 Å². The van der Waals surface area contributed by atoms with Crippen molar-refractivity contribution < 1.29 is 19.1 Å². The average Bonchev–Trinajstić information content (AvgIpc) is 3.00. The molecular formula is C15H16N2O4. The van der Waals surface area contributed by atoms with Crippen LogP contribution in [0, 0.1) is 0 Å². The molecule has 2 aliphatic heterocycles. The lowest BCUT2D eigenvalue weighted by atomic mass is 10.1. The molecule has 0 aromatic heterocycles. The van der Waals surface area contributed by atoms with Gasteiger partial charge in [0.1, 0.15) is 19.2 Å². The van der Waals surface area contributed by atoms with Crippen LogP contribution in [0.3, 0.4) is 0 Å². The molecule has 2 heterocycles. The lowest BCUT2D eigenvalue weighted by Gasteiger charge is -2.34. The second-order valence-electron chi connectivity index (χ2n) is 5.21. The van der Waals surface area contributed by atoms with Crippen LogP contribution in [-0.4, -0.2) is 46.8 Å². The minimum atomic E-state index is -0.747. The first-order valence-electron chi connectivity index (χ1n) is 6.98. The molecule has 2 aliphatic rings. The van der Waals surface area contributed by atoms with Crippen molar-refractivity contribution >= 4 is 17.9 Å². The Morgan fingerprint density at radius 2 is 2.00 bits per heavy atom. The zero-order valence-corrected chi connectivity index (χ0v) is 11.5. The zero-order chi connectivity index (χ0) is 14.8. The first-order chi connectivity index (χ1) is 10.2. The van der Waals surface area contributed by atoms with Crippen LogP contribution in [0.1, 0.15) is 18.4 Å². The second kappa shape index (κ2) is 5.55. The van der Waals surface area contributed by atoms with Gasteiger partial charge in [0.2, 0.25) is 5.91 Å². The highest BCUT2D eigenvalue weighted by molar-refractivity contribution is 6.03. The molecule has 6 heteroatoms. The van der Waals surface area contributed by atoms with Crippen LogP contribution in [0.15, 0.2) is 30.3 Å². The van der Waals surface area contributed by atoms with E-state index in [1.54, 1.807) is 4.90 Å². The van der Waals surface area contributed by atoms with E-state index in [1.807, 2.05) is 30.3 Å². The van der Waals surface area contributed by atoms with E-state index in [1.165, 1.54) is 0 Å². The van der Waals surface area contributed by atoms with Crippen LogP contribution in [0.25, 0.3) is 0 Å². The van der Waals surface area contributed by atoms with Crippen molar-refractivity contribution in [3.05, 3.63) is 35.9 Å². The first-order valence-corrected chi connectivity index (χ1v) is 6.98. The largest absolute Gasteiger partial charge is 0.444 e. The summed E-state index contributed by atoms with van der Waals surface area (Å²) in [5, 5.41) is 0. The van der Waals surface area contributed by atoms with Crippen LogP contribution >= 0.6 is 0 Å². The second-order valence-corrected chi connectivity index (χ2v) is 5.21. The Hall–Kier alpha value is -2.37. The maximum Gasteiger partial charge on any atom is 0.417 e. The highest BCUT2D eigenvalue weighted by Gasteiger charge is 2.44. The van der Waals surface area contributed by atoms with Crippen molar-refractivity contribution in [3.63, 3.8) is 0 Å². The van der Waals surface area contributed by atoms with Gasteiger partial charge in [0.15, 0.2) is 0 Å². The summed E-state index contributed by atoms with van der Waals surface area (Å²) in [7, 11) is 0. The fourth-order valence-corrected chi connectivity index (χ4v) is 2.76. The number of carbonyl (C=O) groups excluding carboxylic acids is 3. The molecule has 2 fully saturated rings. The minimum Gasteiger partial charge on any atom is -0.444 e. The molecule has 0 saturated carbocycles. The third-order valence-corrected chi connectivity index (χ3v) is 3.84. The molecular weight excluding hydrogens is 272 g/mol. The smallest absolute Gasteiger partial charge is 0.417 e. The predicted molar refractivity (Wildman–Crippen MR) is 73.1 cm³/mol. The van der Waals surface area contributed by atoms with Gasteiger partial charge in [-0.3, -0.25) is 9.59 Å². The predicted octanol–water partition coefficient (Wildman–Crippen LogP) is 1.16. The van der Waals surface area contributed by atoms with Gasteiger partial charge >= 0.3 is 6.09 Å². The number of ether oxygens (including phenoxy) is 1. The van der Waals surface area contributed by atoms with Gasteiger partial charge in [-0.2, -0.15) is 0 Å². The van der Waals surface area contributed by atoms with E-state index in [0.29, 0.717) is 13.0 Å². The third kappa shape index (κ3) is 2.61. The summed E-state index contributed by atoms with van der Waals surface area (Å²) in [5.74, 6) is -0.515. The third-order valence-electron chi connectivity index (χ3n) is 3.84. The van der Waals surface area contributed by atoms with E-state index >= 15 is 0 Å². The van der Waals surface area contributed by atoms with Crippen molar-refractivity contribution in [3.8, 4) is 0 Å². The Morgan fingerprint density at radius 1 is 1.24 bits per heavy atom. The number of imide groups is 1. The Labute approximate surface area is 122 Å². The number of fused-ring (bicyclic) bond motifs is 1. The number of nitrogens with zero attached hydrogens (tertiary/aromatic N) is 2. The Kier molecular flexibility index (Phi) is 3.60. The maximum atomic E-state index is 12.2. The van der Waals surface area contributed by atoms with Gasteiger partial charge < -0.3 is 9.64 Å². The van der Waals surface area contributed by atoms with Gasteiger partial charge in [-0.1, -0.05) is 30.3 Å². The number of piperazine rings is 1. The van der Waals surface area contributed by atoms with Crippen molar-refractivity contribution in [1.82, 2.24) is 9.80 Å². The van der Waals surface area contributed by atoms with E-state index in [2.05, 4.69) is 0 Å². The normalized spacial score (nSPS) is 21.4. The van der Waals surface area contributed by atoms with Crippen LogP contribution in [0.4, 0.5) is 4.79 Å². The van der Waals surface area contributed by atoms with Gasteiger partial charge in [-0.05, 0) is 18.4 Å². The summed E-state index contributed by atoms with van der Waals surface area (Å²) in [6.45, 7) is 0.469. The molecule has 110 valence electrons. The number of amides is 3. The monoisotopic (exact) mass is 288 g/mol. The van der Waals surface area contributed by atoms with Gasteiger partial charge in [0.25, 0.3) is 5.91 Å². The van der Waals surface area contributed by atoms with E-state index < -0.39 is 12.1 Å². The molecule has 3 rings (SSSR count). The molecule has 3 amide bonds. The highest BCUT2D eigenvalue weighted by atomic mass is 16.6. The van der Waals surface area contributed by atoms with E-state index in [-0.39, 0.29) is 25.0 Å². The number of benzene rings is 1. The van der Waals surface area contributed by atoms with Gasteiger partial charge in [0.05, 0.1) is 0 Å². The number of hydrogen-bond acceptors (Lipinski definition) is 4. The summed E-state index contributed by atoms with van der Waals surface area (Å²) in [5.41, 5.74) is 0.837. The van der Waals surface area contributed by atoms with Crippen molar-refractivity contribution in [1.29, 1.82) is 0 Å². The standard InChI is InChI=1S/C15H16N2O4/c18-13-9-17(14(19)12-7-4-8-16(12)13)15(20)21-10-11-5-2-1-3-6-11/h1-3,5-6,12H,4,7-10H2/t12-/m0/s1. The van der Waals surface area contributed by atoms with Crippen LogP contribution < -0.4 is 0 Å². The molecule has 0 spiro atoms. The van der Waals surface area contributed by atoms with Gasteiger partial charge in [0, 0.05) is 6.54 Å². The minimum absolute atomic E-state index is 0.0893. The molecule has 0 unspecified atom stereocenters. The summed E-state index contributed by atoms with van der Waals surface area (Å²) in [6.07, 6.45) is 0.672. The van der Waals surface area contributed by atoms with Gasteiger partial charge in [-0.15, -0.1) is 0 Å². The Balaban J connectivity index is 1.64. The summed E-state index contributed by atoms with van der Waals surface area (Å²) in [6, 6.07) is 8.72. The lowest BCUT2D eigenvalue weighted by molar-refractivity contribution is -0.151. The zero-order valence-electron chi connectivity index (χ0n) is 11.5. The SMILES string of the molecule is O=C(OCc1ccccc1)N1CC(=O)N2CCC[C@H]2C1=O. The molecule has 0 N–H and O–H groups in total. The quantitative estimate of drug-likeness (QED) is 0.819. The molecule has 0 aliphatic carbocycles. The van der Waals surface area contributed by atoms with Crippen molar-refractivity contribution in [2.75, 3.05) is 13.1 Å². The van der Waals surface area contributed by atoms with Crippen LogP contribution in [0.2, 0.25) is 0 Å². The highest BCUT2D eigenvalue weighted by Crippen LogP contribution is 2.24. The number of hydrogen-bond donors (Lipinski definition) is 0. The van der Waals surface area contributed by atoms with Crippen molar-refractivity contribution in [2.45, 2.75) is 25.5 Å². The van der Waals surface area contributed by atoms with Gasteiger partial charge in [-0.25, -0.2) is 9.69 Å². The summed E-state index contributed by atoms with van der Waals surface area (Å²) >= 11 is 0. The summed E-state index contributed by atoms with van der Waals surface area (Å²) < 4.78 is 5.13. The van der Waals surface area contributed by atoms with E-state index in [0.717, 1.165) is 16.9 Å². The average molecular weight is 288 g/mol. The van der Waals surface area contributed by atoms with E-state index in [9.17, 15) is 14.4 Å². The van der Waals surface area contributed by atoms with Crippen LogP contribution in [0.5, 0.6) is 0 Å².